The molecule has 0 fully saturated rings. The van der Waals surface area contributed by atoms with Gasteiger partial charge in [0.2, 0.25) is 0 Å². The fourth-order valence-corrected chi connectivity index (χ4v) is 1.99. The lowest BCUT2D eigenvalue weighted by Gasteiger charge is -2.09. The third-order valence-electron chi connectivity index (χ3n) is 3.24. The number of pyridine rings is 1. The Kier molecular flexibility index (Phi) is 5.91. The number of aryl methyl sites for hydroxylation is 1. The highest BCUT2D eigenvalue weighted by Gasteiger charge is 2.06. The van der Waals surface area contributed by atoms with Crippen LogP contribution in [-0.4, -0.2) is 31.2 Å². The zero-order valence-electron chi connectivity index (χ0n) is 12.9. The van der Waals surface area contributed by atoms with Crippen LogP contribution in [0.15, 0.2) is 42.7 Å². The van der Waals surface area contributed by atoms with Gasteiger partial charge in [-0.25, -0.2) is 0 Å². The second-order valence-electron chi connectivity index (χ2n) is 4.89. The van der Waals surface area contributed by atoms with Gasteiger partial charge in [0.1, 0.15) is 0 Å². The smallest absolute Gasteiger partial charge is 0.253 e. The van der Waals surface area contributed by atoms with Crippen molar-refractivity contribution in [3.05, 3.63) is 53.9 Å². The molecule has 0 bridgehead atoms. The number of amides is 1. The number of aromatic nitrogens is 1. The van der Waals surface area contributed by atoms with Crippen molar-refractivity contribution >= 4 is 17.3 Å². The molecule has 1 aromatic heterocycles. The summed E-state index contributed by atoms with van der Waals surface area (Å²) >= 11 is 0. The van der Waals surface area contributed by atoms with Gasteiger partial charge in [0.25, 0.3) is 5.91 Å². The molecule has 5 nitrogen and oxygen atoms in total. The average Bonchev–Trinajstić information content (AvgIpc) is 2.56. The standard InChI is InChI=1S/C17H21N3O2/c1-3-13-4-6-15(7-5-13)20-16-10-14(11-18-12-16)17(21)19-8-9-22-2/h4-7,10-12,20H,3,8-9H2,1-2H3,(H,19,21). The molecular formula is C17H21N3O2. The van der Waals surface area contributed by atoms with Crippen molar-refractivity contribution in [1.82, 2.24) is 10.3 Å². The zero-order chi connectivity index (χ0) is 15.8. The molecule has 2 rings (SSSR count). The molecule has 1 aromatic carbocycles. The number of benzene rings is 1. The first-order chi connectivity index (χ1) is 10.7. The molecule has 0 radical (unpaired) electrons. The Balaban J connectivity index is 2.02. The first-order valence-electron chi connectivity index (χ1n) is 7.31. The van der Waals surface area contributed by atoms with Gasteiger partial charge in [-0.1, -0.05) is 19.1 Å². The molecule has 2 aromatic rings. The maximum Gasteiger partial charge on any atom is 0.253 e. The van der Waals surface area contributed by atoms with Crippen molar-refractivity contribution in [1.29, 1.82) is 0 Å². The Morgan fingerprint density at radius 2 is 1.95 bits per heavy atom. The third kappa shape index (κ3) is 4.56. The predicted octanol–water partition coefficient (Wildman–Crippen LogP) is 2.76. The summed E-state index contributed by atoms with van der Waals surface area (Å²) in [5, 5.41) is 6.02. The van der Waals surface area contributed by atoms with Crippen LogP contribution >= 0.6 is 0 Å². The highest BCUT2D eigenvalue weighted by molar-refractivity contribution is 5.94. The first-order valence-corrected chi connectivity index (χ1v) is 7.31. The molecule has 0 unspecified atom stereocenters. The summed E-state index contributed by atoms with van der Waals surface area (Å²) < 4.78 is 4.91. The quantitative estimate of drug-likeness (QED) is 0.772. The largest absolute Gasteiger partial charge is 0.383 e. The van der Waals surface area contributed by atoms with Gasteiger partial charge in [-0.15, -0.1) is 0 Å². The van der Waals surface area contributed by atoms with Crippen LogP contribution in [0.1, 0.15) is 22.8 Å². The van der Waals surface area contributed by atoms with E-state index in [9.17, 15) is 4.79 Å². The molecule has 22 heavy (non-hydrogen) atoms. The number of nitrogens with zero attached hydrogens (tertiary/aromatic N) is 1. The molecule has 0 aliphatic rings. The van der Waals surface area contributed by atoms with Crippen molar-refractivity contribution in [3.8, 4) is 0 Å². The Morgan fingerprint density at radius 3 is 2.64 bits per heavy atom. The lowest BCUT2D eigenvalue weighted by molar-refractivity contribution is 0.0937. The van der Waals surface area contributed by atoms with Crippen LogP contribution in [-0.2, 0) is 11.2 Å². The molecule has 2 N–H and O–H groups in total. The topological polar surface area (TPSA) is 63.2 Å². The number of carbonyl (C=O) groups excluding carboxylic acids is 1. The zero-order valence-corrected chi connectivity index (χ0v) is 12.9. The van der Waals surface area contributed by atoms with E-state index in [2.05, 4.69) is 34.7 Å². The Morgan fingerprint density at radius 1 is 1.18 bits per heavy atom. The van der Waals surface area contributed by atoms with Crippen LogP contribution in [0.4, 0.5) is 11.4 Å². The van der Waals surface area contributed by atoms with E-state index in [1.165, 1.54) is 5.56 Å². The molecule has 0 aliphatic heterocycles. The van der Waals surface area contributed by atoms with Gasteiger partial charge in [0.15, 0.2) is 0 Å². The molecule has 1 heterocycles. The maximum atomic E-state index is 12.0. The molecule has 116 valence electrons. The summed E-state index contributed by atoms with van der Waals surface area (Å²) in [6, 6.07) is 9.98. The van der Waals surface area contributed by atoms with Gasteiger partial charge in [-0.05, 0) is 30.2 Å². The number of methoxy groups -OCH3 is 1. The monoisotopic (exact) mass is 299 g/mol. The van der Waals surface area contributed by atoms with E-state index in [-0.39, 0.29) is 5.91 Å². The Bertz CT molecular complexity index is 612. The molecule has 0 saturated carbocycles. The molecule has 5 heteroatoms. The molecule has 0 spiro atoms. The van der Waals surface area contributed by atoms with Gasteiger partial charge in [-0.3, -0.25) is 9.78 Å². The van der Waals surface area contributed by atoms with Crippen LogP contribution in [0.3, 0.4) is 0 Å². The maximum absolute atomic E-state index is 12.0. The van der Waals surface area contributed by atoms with E-state index in [0.29, 0.717) is 18.7 Å². The second-order valence-corrected chi connectivity index (χ2v) is 4.89. The molecule has 0 atom stereocenters. The fraction of sp³-hybridized carbons (Fsp3) is 0.294. The molecular weight excluding hydrogens is 278 g/mol. The minimum atomic E-state index is -0.158. The van der Waals surface area contributed by atoms with Crippen molar-refractivity contribution in [3.63, 3.8) is 0 Å². The number of rotatable bonds is 7. The summed E-state index contributed by atoms with van der Waals surface area (Å²) in [7, 11) is 1.60. The van der Waals surface area contributed by atoms with E-state index in [4.69, 9.17) is 4.74 Å². The summed E-state index contributed by atoms with van der Waals surface area (Å²) in [5.41, 5.74) is 3.56. The van der Waals surface area contributed by atoms with Gasteiger partial charge < -0.3 is 15.4 Å². The number of hydrogen-bond acceptors (Lipinski definition) is 4. The predicted molar refractivity (Wildman–Crippen MR) is 87.5 cm³/mol. The van der Waals surface area contributed by atoms with E-state index >= 15 is 0 Å². The van der Waals surface area contributed by atoms with E-state index in [1.807, 2.05) is 12.1 Å². The fourth-order valence-electron chi connectivity index (χ4n) is 1.99. The summed E-state index contributed by atoms with van der Waals surface area (Å²) in [5.74, 6) is -0.158. The summed E-state index contributed by atoms with van der Waals surface area (Å²) in [6.07, 6.45) is 4.26. The van der Waals surface area contributed by atoms with E-state index in [1.54, 1.807) is 25.6 Å². The van der Waals surface area contributed by atoms with Gasteiger partial charge in [0, 0.05) is 25.5 Å². The SMILES string of the molecule is CCc1ccc(Nc2cncc(C(=O)NCCOC)c2)cc1. The average molecular weight is 299 g/mol. The molecule has 0 saturated heterocycles. The number of nitrogens with one attached hydrogen (secondary N) is 2. The van der Waals surface area contributed by atoms with Crippen LogP contribution in [0.25, 0.3) is 0 Å². The van der Waals surface area contributed by atoms with E-state index < -0.39 is 0 Å². The number of carbonyl (C=O) groups is 1. The highest BCUT2D eigenvalue weighted by Crippen LogP contribution is 2.17. The summed E-state index contributed by atoms with van der Waals surface area (Å²) in [6.45, 7) is 3.09. The number of anilines is 2. The van der Waals surface area contributed by atoms with Crippen molar-refractivity contribution in [2.75, 3.05) is 25.6 Å². The van der Waals surface area contributed by atoms with Crippen LogP contribution < -0.4 is 10.6 Å². The van der Waals surface area contributed by atoms with Crippen LogP contribution in [0.2, 0.25) is 0 Å². The van der Waals surface area contributed by atoms with Crippen molar-refractivity contribution in [2.45, 2.75) is 13.3 Å². The number of hydrogen-bond donors (Lipinski definition) is 2. The minimum Gasteiger partial charge on any atom is -0.383 e. The summed E-state index contributed by atoms with van der Waals surface area (Å²) in [4.78, 5) is 16.1. The van der Waals surface area contributed by atoms with Crippen LogP contribution in [0, 0.1) is 0 Å². The number of ether oxygens (including phenoxy) is 1. The second kappa shape index (κ2) is 8.14. The Labute approximate surface area is 130 Å². The van der Waals surface area contributed by atoms with Crippen molar-refractivity contribution < 1.29 is 9.53 Å². The lowest BCUT2D eigenvalue weighted by atomic mass is 10.1. The lowest BCUT2D eigenvalue weighted by Crippen LogP contribution is -2.27. The van der Waals surface area contributed by atoms with E-state index in [0.717, 1.165) is 17.8 Å². The third-order valence-corrected chi connectivity index (χ3v) is 3.24. The first kappa shape index (κ1) is 16.0. The Hall–Kier alpha value is -2.40. The normalized spacial score (nSPS) is 10.3. The molecule has 0 aliphatic carbocycles. The minimum absolute atomic E-state index is 0.158. The van der Waals surface area contributed by atoms with Crippen LogP contribution in [0.5, 0.6) is 0 Å². The highest BCUT2D eigenvalue weighted by atomic mass is 16.5. The van der Waals surface area contributed by atoms with Crippen molar-refractivity contribution in [2.24, 2.45) is 0 Å². The molecule has 1 amide bonds. The van der Waals surface area contributed by atoms with Gasteiger partial charge in [0.05, 0.1) is 24.1 Å². The van der Waals surface area contributed by atoms with Gasteiger partial charge in [-0.2, -0.15) is 0 Å². The van der Waals surface area contributed by atoms with Gasteiger partial charge >= 0.3 is 0 Å².